The summed E-state index contributed by atoms with van der Waals surface area (Å²) in [5.74, 6) is 1.55. The van der Waals surface area contributed by atoms with Gasteiger partial charge < -0.3 is 15.0 Å². The van der Waals surface area contributed by atoms with Crippen molar-refractivity contribution in [3.8, 4) is 11.8 Å². The van der Waals surface area contributed by atoms with E-state index in [4.69, 9.17) is 10.00 Å². The molecule has 0 unspecified atom stereocenters. The lowest BCUT2D eigenvalue weighted by Gasteiger charge is -2.23. The quantitative estimate of drug-likeness (QED) is 0.774. The third-order valence-corrected chi connectivity index (χ3v) is 5.36. The van der Waals surface area contributed by atoms with E-state index in [9.17, 15) is 0 Å². The molecule has 0 spiro atoms. The van der Waals surface area contributed by atoms with E-state index in [-0.39, 0.29) is 0 Å². The number of nitrogens with zero attached hydrogens (tertiary/aromatic N) is 3. The summed E-state index contributed by atoms with van der Waals surface area (Å²) in [6.45, 7) is 0.670. The lowest BCUT2D eigenvalue weighted by Crippen LogP contribution is -2.39. The fourth-order valence-corrected chi connectivity index (χ4v) is 4.21. The van der Waals surface area contributed by atoms with Gasteiger partial charge in [0.1, 0.15) is 29.8 Å². The van der Waals surface area contributed by atoms with Gasteiger partial charge in [0.25, 0.3) is 0 Å². The summed E-state index contributed by atoms with van der Waals surface area (Å²) in [6, 6.07) is 6.90. The van der Waals surface area contributed by atoms with Crippen molar-refractivity contribution in [2.45, 2.75) is 31.3 Å². The molecule has 3 aromatic heterocycles. The average molecular weight is 319 g/mol. The van der Waals surface area contributed by atoms with Gasteiger partial charge in [-0.3, -0.25) is 0 Å². The SMILES string of the molecule is N#Cc1cc2c(cn1)[nH]c1nccc(OC[C@H]3N[C@@H]4CC[C@H]3C4)c12. The standard InChI is InChI=1S/C18H17N5O/c19-7-12-6-13-14(8-21-12)23-18-17(13)16(3-4-20-18)24-9-15-10-1-2-11(5-10)22-15/h3-4,6,8,10-11,15,22H,1-2,5,9H2,(H,20,23)/t10-,11+,15+/m0/s1. The second-order valence-corrected chi connectivity index (χ2v) is 6.74. The number of aromatic nitrogens is 3. The molecule has 0 aromatic carbocycles. The van der Waals surface area contributed by atoms with Crippen LogP contribution in [0.4, 0.5) is 0 Å². The maximum atomic E-state index is 9.11. The van der Waals surface area contributed by atoms with Gasteiger partial charge in [0.15, 0.2) is 0 Å². The third kappa shape index (κ3) is 2.05. The van der Waals surface area contributed by atoms with Crippen LogP contribution in [0, 0.1) is 17.2 Å². The zero-order valence-electron chi connectivity index (χ0n) is 13.1. The van der Waals surface area contributed by atoms with Crippen molar-refractivity contribution < 1.29 is 4.74 Å². The number of hydrogen-bond donors (Lipinski definition) is 2. The summed E-state index contributed by atoms with van der Waals surface area (Å²) in [5.41, 5.74) is 2.03. The van der Waals surface area contributed by atoms with E-state index in [0.29, 0.717) is 24.4 Å². The Labute approximate surface area is 138 Å². The molecule has 0 amide bonds. The predicted octanol–water partition coefficient (Wildman–Crippen LogP) is 2.50. The molecule has 2 bridgehead atoms. The van der Waals surface area contributed by atoms with Crippen LogP contribution >= 0.6 is 0 Å². The lowest BCUT2D eigenvalue weighted by atomic mass is 10.0. The summed E-state index contributed by atoms with van der Waals surface area (Å²) in [5, 5.41) is 14.6. The van der Waals surface area contributed by atoms with Crippen LogP contribution in [0.25, 0.3) is 21.9 Å². The molecule has 6 heteroatoms. The van der Waals surface area contributed by atoms with Crippen LogP contribution < -0.4 is 10.1 Å². The van der Waals surface area contributed by atoms with Crippen molar-refractivity contribution in [1.82, 2.24) is 20.3 Å². The van der Waals surface area contributed by atoms with Crippen molar-refractivity contribution in [3.05, 3.63) is 30.2 Å². The molecule has 1 saturated heterocycles. The Morgan fingerprint density at radius 3 is 3.08 bits per heavy atom. The second kappa shape index (κ2) is 5.18. The van der Waals surface area contributed by atoms with Crippen LogP contribution in [0.5, 0.6) is 5.75 Å². The van der Waals surface area contributed by atoms with Crippen LogP contribution in [0.3, 0.4) is 0 Å². The van der Waals surface area contributed by atoms with Crippen LogP contribution in [-0.4, -0.2) is 33.6 Å². The number of H-pyrrole nitrogens is 1. The van der Waals surface area contributed by atoms with Crippen molar-refractivity contribution in [2.24, 2.45) is 5.92 Å². The molecule has 3 aromatic rings. The minimum Gasteiger partial charge on any atom is -0.491 e. The highest BCUT2D eigenvalue weighted by atomic mass is 16.5. The monoisotopic (exact) mass is 319 g/mol. The largest absolute Gasteiger partial charge is 0.491 e. The first kappa shape index (κ1) is 13.8. The number of pyridine rings is 2. The molecular weight excluding hydrogens is 302 g/mol. The van der Waals surface area contributed by atoms with E-state index in [1.54, 1.807) is 18.5 Å². The maximum Gasteiger partial charge on any atom is 0.142 e. The van der Waals surface area contributed by atoms with E-state index in [2.05, 4.69) is 26.3 Å². The summed E-state index contributed by atoms with van der Waals surface area (Å²) in [6.07, 6.45) is 7.32. The zero-order chi connectivity index (χ0) is 16.1. The number of rotatable bonds is 3. The average Bonchev–Trinajstić information content (AvgIpc) is 3.32. The normalized spacial score (nSPS) is 25.4. The number of hydrogen-bond acceptors (Lipinski definition) is 5. The summed E-state index contributed by atoms with van der Waals surface area (Å²) in [4.78, 5) is 11.8. The second-order valence-electron chi connectivity index (χ2n) is 6.74. The van der Waals surface area contributed by atoms with Gasteiger partial charge >= 0.3 is 0 Å². The molecule has 2 N–H and O–H groups in total. The summed E-state index contributed by atoms with van der Waals surface area (Å²) < 4.78 is 6.17. The van der Waals surface area contributed by atoms with Crippen LogP contribution in [0.2, 0.25) is 0 Å². The number of nitrogens with one attached hydrogen (secondary N) is 2. The third-order valence-electron chi connectivity index (χ3n) is 5.36. The zero-order valence-corrected chi connectivity index (χ0v) is 13.1. The van der Waals surface area contributed by atoms with Gasteiger partial charge in [-0.05, 0) is 37.3 Å². The number of ether oxygens (including phenoxy) is 1. The first-order valence-corrected chi connectivity index (χ1v) is 8.37. The van der Waals surface area contributed by atoms with Crippen molar-refractivity contribution >= 4 is 21.9 Å². The molecule has 5 rings (SSSR count). The van der Waals surface area contributed by atoms with Gasteiger partial charge in [0, 0.05) is 23.7 Å². The van der Waals surface area contributed by atoms with Gasteiger partial charge in [0.2, 0.25) is 0 Å². The minimum atomic E-state index is 0.396. The smallest absolute Gasteiger partial charge is 0.142 e. The van der Waals surface area contributed by atoms with Crippen LogP contribution in [0.15, 0.2) is 24.5 Å². The van der Waals surface area contributed by atoms with E-state index in [1.165, 1.54) is 19.3 Å². The molecule has 120 valence electrons. The van der Waals surface area contributed by atoms with Gasteiger partial charge in [-0.1, -0.05) is 0 Å². The van der Waals surface area contributed by atoms with Crippen LogP contribution in [0.1, 0.15) is 25.0 Å². The molecule has 2 aliphatic rings. The Morgan fingerprint density at radius 2 is 2.29 bits per heavy atom. The Balaban J connectivity index is 1.52. The molecule has 0 radical (unpaired) electrons. The molecule has 2 fully saturated rings. The van der Waals surface area contributed by atoms with Crippen LogP contribution in [-0.2, 0) is 0 Å². The number of fused-ring (bicyclic) bond motifs is 5. The Kier molecular flexibility index (Phi) is 2.97. The Morgan fingerprint density at radius 1 is 1.33 bits per heavy atom. The van der Waals surface area contributed by atoms with Gasteiger partial charge in [-0.2, -0.15) is 5.26 Å². The first-order chi connectivity index (χ1) is 11.8. The molecular formula is C18H17N5O. The predicted molar refractivity (Wildman–Crippen MR) is 89.7 cm³/mol. The molecule has 1 saturated carbocycles. The fraction of sp³-hybridized carbons (Fsp3) is 0.389. The number of nitriles is 1. The Bertz CT molecular complexity index is 973. The molecule has 1 aliphatic heterocycles. The highest BCUT2D eigenvalue weighted by Gasteiger charge is 2.39. The van der Waals surface area contributed by atoms with Gasteiger partial charge in [0.05, 0.1) is 17.1 Å². The van der Waals surface area contributed by atoms with E-state index >= 15 is 0 Å². The van der Waals surface area contributed by atoms with E-state index in [1.807, 2.05) is 6.07 Å². The highest BCUT2D eigenvalue weighted by Crippen LogP contribution is 2.36. The Hall–Kier alpha value is -2.65. The van der Waals surface area contributed by atoms with E-state index < -0.39 is 0 Å². The molecule has 4 heterocycles. The van der Waals surface area contributed by atoms with E-state index in [0.717, 1.165) is 33.6 Å². The minimum absolute atomic E-state index is 0.396. The van der Waals surface area contributed by atoms with Crippen molar-refractivity contribution in [1.29, 1.82) is 5.26 Å². The number of aromatic amines is 1. The number of piperidine rings is 1. The topological polar surface area (TPSA) is 86.6 Å². The van der Waals surface area contributed by atoms with Crippen molar-refractivity contribution in [3.63, 3.8) is 0 Å². The van der Waals surface area contributed by atoms with Gasteiger partial charge in [-0.25, -0.2) is 9.97 Å². The highest BCUT2D eigenvalue weighted by molar-refractivity contribution is 6.09. The maximum absolute atomic E-state index is 9.11. The molecule has 6 nitrogen and oxygen atoms in total. The summed E-state index contributed by atoms with van der Waals surface area (Å²) >= 11 is 0. The first-order valence-electron chi connectivity index (χ1n) is 8.37. The fourth-order valence-electron chi connectivity index (χ4n) is 4.21. The summed E-state index contributed by atoms with van der Waals surface area (Å²) in [7, 11) is 0. The molecule has 1 aliphatic carbocycles. The molecule has 24 heavy (non-hydrogen) atoms. The molecule has 3 atom stereocenters. The van der Waals surface area contributed by atoms with Gasteiger partial charge in [-0.15, -0.1) is 0 Å². The van der Waals surface area contributed by atoms with Crippen molar-refractivity contribution in [2.75, 3.05) is 6.61 Å². The lowest BCUT2D eigenvalue weighted by molar-refractivity contribution is 0.231.